The molecule has 0 aliphatic rings. The van der Waals surface area contributed by atoms with Crippen LogP contribution in [-0.4, -0.2) is 37.2 Å². The highest BCUT2D eigenvalue weighted by Gasteiger charge is 2.19. The van der Waals surface area contributed by atoms with E-state index in [1.54, 1.807) is 0 Å². The predicted molar refractivity (Wildman–Crippen MR) is 358 cm³/mol. The summed E-state index contributed by atoms with van der Waals surface area (Å²) in [5.41, 5.74) is 0. The van der Waals surface area contributed by atoms with Crippen molar-refractivity contribution in [2.45, 2.75) is 393 Å². The van der Waals surface area contributed by atoms with Crippen molar-refractivity contribution < 1.29 is 28.6 Å². The fraction of sp³-hybridized carbons (Fsp3) is 0.829. The van der Waals surface area contributed by atoms with Crippen molar-refractivity contribution in [3.05, 3.63) is 60.8 Å². The van der Waals surface area contributed by atoms with Gasteiger partial charge in [0.15, 0.2) is 6.10 Å². The quantitative estimate of drug-likeness (QED) is 0.0261. The summed E-state index contributed by atoms with van der Waals surface area (Å²) in [4.78, 5) is 38.4. The van der Waals surface area contributed by atoms with E-state index < -0.39 is 6.10 Å². The monoisotopic (exact) mass is 1150 g/mol. The summed E-state index contributed by atoms with van der Waals surface area (Å²) in [7, 11) is 0. The lowest BCUT2D eigenvalue weighted by molar-refractivity contribution is -0.167. The summed E-state index contributed by atoms with van der Waals surface area (Å²) in [5, 5.41) is 0. The second kappa shape index (κ2) is 70.6. The van der Waals surface area contributed by atoms with Crippen molar-refractivity contribution in [2.24, 2.45) is 0 Å². The van der Waals surface area contributed by atoms with Crippen LogP contribution in [0.3, 0.4) is 0 Å². The second-order valence-electron chi connectivity index (χ2n) is 24.5. The third kappa shape index (κ3) is 67.9. The molecule has 1 unspecified atom stereocenters. The molecule has 0 aromatic heterocycles. The van der Waals surface area contributed by atoms with E-state index in [1.165, 1.54) is 257 Å². The van der Waals surface area contributed by atoms with E-state index in [0.717, 1.165) is 89.9 Å². The zero-order valence-corrected chi connectivity index (χ0v) is 55.0. The number of hydrogen-bond donors (Lipinski definition) is 0. The number of ether oxygens (including phenoxy) is 3. The van der Waals surface area contributed by atoms with E-state index >= 15 is 0 Å². The summed E-state index contributed by atoms with van der Waals surface area (Å²) in [6, 6.07) is 0. The topological polar surface area (TPSA) is 78.9 Å². The molecule has 82 heavy (non-hydrogen) atoms. The third-order valence-corrected chi connectivity index (χ3v) is 16.3. The summed E-state index contributed by atoms with van der Waals surface area (Å²) >= 11 is 0. The molecule has 0 spiro atoms. The summed E-state index contributed by atoms with van der Waals surface area (Å²) < 4.78 is 17.0. The van der Waals surface area contributed by atoms with Crippen molar-refractivity contribution in [1.82, 2.24) is 0 Å². The van der Waals surface area contributed by atoms with Gasteiger partial charge in [-0.05, 0) is 83.5 Å². The number of carbonyl (C=O) groups is 3. The average Bonchev–Trinajstić information content (AvgIpc) is 3.47. The van der Waals surface area contributed by atoms with Crippen molar-refractivity contribution in [3.63, 3.8) is 0 Å². The number of allylic oxidation sites excluding steroid dienone is 10. The Morgan fingerprint density at radius 1 is 0.256 bits per heavy atom. The van der Waals surface area contributed by atoms with Gasteiger partial charge in [0.1, 0.15) is 13.2 Å². The number of carbonyl (C=O) groups excluding carboxylic acids is 3. The number of unbranched alkanes of at least 4 members (excludes halogenated alkanes) is 46. The Hall–Kier alpha value is -2.89. The molecule has 0 aliphatic heterocycles. The summed E-state index contributed by atoms with van der Waals surface area (Å²) in [6.07, 6.45) is 91.2. The molecule has 1 atom stereocenters. The summed E-state index contributed by atoms with van der Waals surface area (Å²) in [5.74, 6) is -0.860. The van der Waals surface area contributed by atoms with Crippen LogP contribution in [0.4, 0.5) is 0 Å². The molecule has 478 valence electrons. The van der Waals surface area contributed by atoms with E-state index in [9.17, 15) is 14.4 Å². The van der Waals surface area contributed by atoms with Crippen LogP contribution >= 0.6 is 0 Å². The molecule has 0 aliphatic carbocycles. The lowest BCUT2D eigenvalue weighted by atomic mass is 10.0. The fourth-order valence-electron chi connectivity index (χ4n) is 10.8. The van der Waals surface area contributed by atoms with Gasteiger partial charge < -0.3 is 14.2 Å². The molecule has 0 aromatic rings. The van der Waals surface area contributed by atoms with Crippen LogP contribution in [0.2, 0.25) is 0 Å². The summed E-state index contributed by atoms with van der Waals surface area (Å²) in [6.45, 7) is 6.56. The average molecular weight is 1150 g/mol. The molecule has 0 bridgehead atoms. The molecular weight excluding hydrogens is 1010 g/mol. The number of esters is 3. The molecule has 0 rings (SSSR count). The predicted octanol–water partition coefficient (Wildman–Crippen LogP) is 25.1. The number of rotatable bonds is 67. The first-order valence-corrected chi connectivity index (χ1v) is 36.3. The highest BCUT2D eigenvalue weighted by atomic mass is 16.6. The lowest BCUT2D eigenvalue weighted by Gasteiger charge is -2.18. The third-order valence-electron chi connectivity index (χ3n) is 16.3. The molecule has 0 fully saturated rings. The van der Waals surface area contributed by atoms with Crippen LogP contribution in [-0.2, 0) is 28.6 Å². The van der Waals surface area contributed by atoms with E-state index in [2.05, 4.69) is 81.5 Å². The van der Waals surface area contributed by atoms with Gasteiger partial charge in [-0.2, -0.15) is 0 Å². The van der Waals surface area contributed by atoms with Gasteiger partial charge in [-0.15, -0.1) is 0 Å². The van der Waals surface area contributed by atoms with E-state index in [0.29, 0.717) is 19.3 Å². The first-order chi connectivity index (χ1) is 40.5. The van der Waals surface area contributed by atoms with Crippen molar-refractivity contribution in [3.8, 4) is 0 Å². The van der Waals surface area contributed by atoms with Crippen LogP contribution in [0.5, 0.6) is 0 Å². The van der Waals surface area contributed by atoms with Crippen LogP contribution in [0, 0.1) is 0 Å². The molecule has 6 nitrogen and oxygen atoms in total. The first-order valence-electron chi connectivity index (χ1n) is 36.3. The maximum atomic E-state index is 13.0. The highest BCUT2D eigenvalue weighted by molar-refractivity contribution is 5.71. The van der Waals surface area contributed by atoms with Crippen molar-refractivity contribution in [2.75, 3.05) is 13.2 Å². The minimum absolute atomic E-state index is 0.0730. The Bertz CT molecular complexity index is 1460. The van der Waals surface area contributed by atoms with Gasteiger partial charge in [0.05, 0.1) is 0 Å². The zero-order chi connectivity index (χ0) is 59.2. The number of hydrogen-bond acceptors (Lipinski definition) is 6. The SMILES string of the molecule is CC/C=C\C/C=C\C/C=C\C/C=C\CCCCCCCCCCCCCCC(=O)OC(COC(=O)CCCCCCC/C=C\CCCCC)COC(=O)CCCCCCCCCCCCCCCCCCCCCCCCCCCCC. The van der Waals surface area contributed by atoms with Gasteiger partial charge >= 0.3 is 17.9 Å². The maximum Gasteiger partial charge on any atom is 0.306 e. The highest BCUT2D eigenvalue weighted by Crippen LogP contribution is 2.19. The first kappa shape index (κ1) is 79.1. The fourth-order valence-corrected chi connectivity index (χ4v) is 10.8. The van der Waals surface area contributed by atoms with Gasteiger partial charge in [0.25, 0.3) is 0 Å². The Morgan fingerprint density at radius 3 is 0.780 bits per heavy atom. The van der Waals surface area contributed by atoms with Crippen molar-refractivity contribution in [1.29, 1.82) is 0 Å². The zero-order valence-electron chi connectivity index (χ0n) is 55.0. The largest absolute Gasteiger partial charge is 0.462 e. The minimum atomic E-state index is -0.778. The van der Waals surface area contributed by atoms with Crippen LogP contribution < -0.4 is 0 Å². The molecule has 6 heteroatoms. The molecule has 0 aromatic carbocycles. The lowest BCUT2D eigenvalue weighted by Crippen LogP contribution is -2.30. The van der Waals surface area contributed by atoms with Crippen LogP contribution in [0.15, 0.2) is 60.8 Å². The van der Waals surface area contributed by atoms with Gasteiger partial charge in [0.2, 0.25) is 0 Å². The smallest absolute Gasteiger partial charge is 0.306 e. The van der Waals surface area contributed by atoms with Gasteiger partial charge in [0, 0.05) is 19.3 Å². The molecule has 0 saturated heterocycles. The van der Waals surface area contributed by atoms with E-state index in [1.807, 2.05) is 0 Å². The Morgan fingerprint density at radius 2 is 0.476 bits per heavy atom. The van der Waals surface area contributed by atoms with Gasteiger partial charge in [-0.3, -0.25) is 14.4 Å². The van der Waals surface area contributed by atoms with Gasteiger partial charge in [-0.25, -0.2) is 0 Å². The Labute approximate surface area is 510 Å². The molecule has 0 radical (unpaired) electrons. The normalized spacial score (nSPS) is 12.4. The van der Waals surface area contributed by atoms with E-state index in [4.69, 9.17) is 14.2 Å². The van der Waals surface area contributed by atoms with Crippen molar-refractivity contribution >= 4 is 17.9 Å². The standard InChI is InChI=1S/C76H138O6/c1-4-7-10-13-16-19-22-25-27-29-31-33-35-37-38-40-41-43-45-47-49-51-54-57-60-63-66-69-75(78)81-72-73(71-80-74(77)68-65-62-59-56-53-24-21-18-15-12-9-6-3)82-76(79)70-67-64-61-58-55-52-50-48-46-44-42-39-36-34-32-30-28-26-23-20-17-14-11-8-5-2/h8,11,17-18,20-21,26,28,32,34,73H,4-7,9-10,12-16,19,22-25,27,29-31,33,35-72H2,1-3H3/b11-8-,20-17-,21-18-,28-26-,34-32-. The second-order valence-corrected chi connectivity index (χ2v) is 24.5. The Balaban J connectivity index is 4.19. The molecular formula is C76H138O6. The molecule has 0 N–H and O–H groups in total. The molecule has 0 heterocycles. The van der Waals surface area contributed by atoms with E-state index in [-0.39, 0.29) is 31.1 Å². The molecule has 0 saturated carbocycles. The van der Waals surface area contributed by atoms with Crippen LogP contribution in [0.1, 0.15) is 387 Å². The minimum Gasteiger partial charge on any atom is -0.462 e. The molecule has 0 amide bonds. The maximum absolute atomic E-state index is 13.0. The Kier molecular flexibility index (Phi) is 68.1. The van der Waals surface area contributed by atoms with Crippen LogP contribution in [0.25, 0.3) is 0 Å². The van der Waals surface area contributed by atoms with Gasteiger partial charge in [-0.1, -0.05) is 345 Å².